The second-order valence-corrected chi connectivity index (χ2v) is 14.7. The van der Waals surface area contributed by atoms with Gasteiger partial charge in [-0.1, -0.05) is 12.1 Å². The Morgan fingerprint density at radius 3 is 2.12 bits per heavy atom. The predicted octanol–water partition coefficient (Wildman–Crippen LogP) is 5.70. The maximum atomic E-state index is 14.1. The Balaban J connectivity index is 2.16. The lowest BCUT2D eigenvalue weighted by Crippen LogP contribution is -2.47. The molecule has 1 aromatic heterocycles. The molecule has 0 aliphatic carbocycles. The van der Waals surface area contributed by atoms with Gasteiger partial charge in [-0.25, -0.2) is 18.8 Å². The molecule has 0 fully saturated rings. The van der Waals surface area contributed by atoms with Gasteiger partial charge in [0.2, 0.25) is 0 Å². The minimum Gasteiger partial charge on any atom is -0.458 e. The zero-order chi connectivity index (χ0) is 31.3. The average Bonchev–Trinajstić information content (AvgIpc) is 3.30. The third-order valence-electron chi connectivity index (χ3n) is 5.43. The number of nitrogens with one attached hydrogen (secondary N) is 3. The summed E-state index contributed by atoms with van der Waals surface area (Å²) in [5.74, 6) is -2.25. The van der Waals surface area contributed by atoms with Gasteiger partial charge in [0, 0.05) is 44.9 Å². The highest BCUT2D eigenvalue weighted by atomic mass is 32.2. The molecule has 41 heavy (non-hydrogen) atoms. The molecule has 0 aliphatic heterocycles. The summed E-state index contributed by atoms with van der Waals surface area (Å²) in [7, 11) is -3.75. The summed E-state index contributed by atoms with van der Waals surface area (Å²) in [6.45, 7) is 9.63. The summed E-state index contributed by atoms with van der Waals surface area (Å²) >= 11 is 1.30. The lowest BCUT2D eigenvalue weighted by Gasteiger charge is -2.31. The minimum atomic E-state index is -5.13. The SMILES string of the molecule is CC(C)(C)OC(=O)N[C@@H](CCS(=N)(=O)CCC(O)(c1ccc(Nc2nccs2)cc1)C(F)(F)F)C(=O)OC(C)(C)C. The number of amides is 1. The van der Waals surface area contributed by atoms with Gasteiger partial charge >= 0.3 is 18.2 Å². The molecule has 0 bridgehead atoms. The van der Waals surface area contributed by atoms with Crippen LogP contribution in [0, 0.1) is 4.78 Å². The van der Waals surface area contributed by atoms with E-state index in [9.17, 15) is 32.1 Å². The number of anilines is 2. The van der Waals surface area contributed by atoms with E-state index < -0.39 is 74.3 Å². The van der Waals surface area contributed by atoms with Crippen LogP contribution in [0.5, 0.6) is 0 Å². The number of hydrogen-bond acceptors (Lipinski definition) is 10. The van der Waals surface area contributed by atoms with Crippen molar-refractivity contribution in [3.05, 3.63) is 41.4 Å². The number of aliphatic hydroxyl groups is 1. The van der Waals surface area contributed by atoms with Crippen LogP contribution in [0.1, 0.15) is 59.9 Å². The number of ether oxygens (including phenoxy) is 2. The maximum Gasteiger partial charge on any atom is 0.421 e. The summed E-state index contributed by atoms with van der Waals surface area (Å²) in [5, 5.41) is 18.2. The van der Waals surface area contributed by atoms with Crippen molar-refractivity contribution in [3.8, 4) is 0 Å². The molecule has 3 atom stereocenters. The molecule has 15 heteroatoms. The van der Waals surface area contributed by atoms with Crippen LogP contribution in [-0.4, -0.2) is 61.3 Å². The van der Waals surface area contributed by atoms with Gasteiger partial charge in [0.15, 0.2) is 10.7 Å². The molecule has 1 aromatic carbocycles. The smallest absolute Gasteiger partial charge is 0.421 e. The molecule has 1 amide bonds. The highest BCUT2D eigenvalue weighted by Crippen LogP contribution is 2.42. The number of carbonyl (C=O) groups excluding carboxylic acids is 2. The number of nitrogens with zero attached hydrogens (tertiary/aromatic N) is 1. The summed E-state index contributed by atoms with van der Waals surface area (Å²) in [5.41, 5.74) is -5.23. The van der Waals surface area contributed by atoms with Crippen LogP contribution in [-0.2, 0) is 29.6 Å². The van der Waals surface area contributed by atoms with Crippen LogP contribution in [0.15, 0.2) is 35.8 Å². The lowest BCUT2D eigenvalue weighted by atomic mass is 9.90. The Bertz CT molecular complexity index is 1270. The van der Waals surface area contributed by atoms with E-state index in [1.54, 1.807) is 53.1 Å². The topological polar surface area (TPSA) is 151 Å². The average molecular weight is 623 g/mol. The Morgan fingerprint density at radius 1 is 1.05 bits per heavy atom. The van der Waals surface area contributed by atoms with Crippen molar-refractivity contribution < 1.29 is 41.5 Å². The predicted molar refractivity (Wildman–Crippen MR) is 151 cm³/mol. The van der Waals surface area contributed by atoms with Gasteiger partial charge in [-0.05, 0) is 65.7 Å². The van der Waals surface area contributed by atoms with Gasteiger partial charge in [0.05, 0.1) is 0 Å². The molecule has 0 aliphatic rings. The molecule has 0 spiro atoms. The van der Waals surface area contributed by atoms with Crippen LogP contribution in [0.2, 0.25) is 0 Å². The van der Waals surface area contributed by atoms with E-state index in [1.165, 1.54) is 23.5 Å². The molecule has 230 valence electrons. The summed E-state index contributed by atoms with van der Waals surface area (Å²) in [6, 6.07) is 3.52. The molecule has 0 radical (unpaired) electrons. The molecule has 2 unspecified atom stereocenters. The number of alkyl carbamates (subject to hydrolysis) is 1. The summed E-state index contributed by atoms with van der Waals surface area (Å²) in [6.07, 6.45) is -5.95. The first-order valence-electron chi connectivity index (χ1n) is 12.6. The van der Waals surface area contributed by atoms with Crippen molar-refractivity contribution in [3.63, 3.8) is 0 Å². The monoisotopic (exact) mass is 622 g/mol. The molecule has 2 aromatic rings. The second kappa shape index (κ2) is 12.9. The van der Waals surface area contributed by atoms with Crippen molar-refractivity contribution in [1.82, 2.24) is 10.3 Å². The molecule has 2 rings (SSSR count). The fourth-order valence-corrected chi connectivity index (χ4v) is 5.48. The fourth-order valence-electron chi connectivity index (χ4n) is 3.48. The quantitative estimate of drug-likeness (QED) is 0.233. The van der Waals surface area contributed by atoms with Crippen LogP contribution in [0.3, 0.4) is 0 Å². The molecular weight excluding hydrogens is 585 g/mol. The van der Waals surface area contributed by atoms with E-state index in [2.05, 4.69) is 15.6 Å². The number of rotatable bonds is 11. The molecule has 1 heterocycles. The first-order valence-corrected chi connectivity index (χ1v) is 15.4. The molecule has 10 nitrogen and oxygen atoms in total. The van der Waals surface area contributed by atoms with Crippen LogP contribution in [0.25, 0.3) is 0 Å². The number of alkyl halides is 3. The van der Waals surface area contributed by atoms with Crippen molar-refractivity contribution in [2.75, 3.05) is 16.8 Å². The van der Waals surface area contributed by atoms with Crippen LogP contribution in [0.4, 0.5) is 28.8 Å². The van der Waals surface area contributed by atoms with Crippen molar-refractivity contribution in [2.45, 2.75) is 83.4 Å². The highest BCUT2D eigenvalue weighted by Gasteiger charge is 2.54. The van der Waals surface area contributed by atoms with Gasteiger partial charge in [-0.2, -0.15) is 13.2 Å². The van der Waals surface area contributed by atoms with Crippen molar-refractivity contribution >= 4 is 43.9 Å². The van der Waals surface area contributed by atoms with Gasteiger partial charge in [0.25, 0.3) is 0 Å². The lowest BCUT2D eigenvalue weighted by molar-refractivity contribution is -0.267. The normalized spacial score (nSPS) is 16.1. The zero-order valence-corrected chi connectivity index (χ0v) is 25.4. The van der Waals surface area contributed by atoms with Gasteiger partial charge in [-0.3, -0.25) is 4.78 Å². The highest BCUT2D eigenvalue weighted by molar-refractivity contribution is 7.92. The number of aromatic nitrogens is 1. The van der Waals surface area contributed by atoms with E-state index in [0.29, 0.717) is 10.8 Å². The third-order valence-corrected chi connectivity index (χ3v) is 7.87. The Kier molecular flexibility index (Phi) is 10.8. The van der Waals surface area contributed by atoms with E-state index in [0.717, 1.165) is 12.1 Å². The minimum absolute atomic E-state index is 0.363. The standard InChI is InChI=1S/C26H37F3N4O6S2/c1-23(2,3)38-20(34)19(33-22(35)39-24(4,5)6)11-15-41(30,37)16-12-25(36,26(27,28)29)17-7-9-18(10-8-17)32-21-31-13-14-40-21/h7-10,13-14,19,30,36H,11-12,15-16H2,1-6H3,(H,31,32)(H,33,35)/t19-,25?,41?/m0/s1. The molecular formula is C26H37F3N4O6S2. The summed E-state index contributed by atoms with van der Waals surface area (Å²) < 4.78 is 73.9. The van der Waals surface area contributed by atoms with E-state index >= 15 is 0 Å². The third kappa shape index (κ3) is 11.1. The fraction of sp³-hybridized carbons (Fsp3) is 0.577. The molecule has 0 saturated heterocycles. The summed E-state index contributed by atoms with van der Waals surface area (Å²) in [4.78, 5) is 29.0. The number of hydrogen-bond donors (Lipinski definition) is 4. The van der Waals surface area contributed by atoms with E-state index in [1.807, 2.05) is 0 Å². The van der Waals surface area contributed by atoms with E-state index in [-0.39, 0.29) is 6.42 Å². The Labute approximate surface area is 242 Å². The number of carbonyl (C=O) groups is 2. The molecule has 4 N–H and O–H groups in total. The maximum absolute atomic E-state index is 14.1. The van der Waals surface area contributed by atoms with Crippen molar-refractivity contribution in [1.29, 1.82) is 4.78 Å². The Hall–Kier alpha value is -2.91. The number of benzene rings is 1. The number of halogens is 3. The van der Waals surface area contributed by atoms with E-state index in [4.69, 9.17) is 14.3 Å². The van der Waals surface area contributed by atoms with Crippen LogP contribution >= 0.6 is 11.3 Å². The number of esters is 1. The van der Waals surface area contributed by atoms with Gasteiger partial charge < -0.3 is 25.2 Å². The van der Waals surface area contributed by atoms with Gasteiger partial charge in [0.1, 0.15) is 17.2 Å². The largest absolute Gasteiger partial charge is 0.458 e. The van der Waals surface area contributed by atoms with Crippen molar-refractivity contribution in [2.24, 2.45) is 0 Å². The second-order valence-electron chi connectivity index (χ2n) is 11.4. The van der Waals surface area contributed by atoms with Crippen LogP contribution < -0.4 is 10.6 Å². The zero-order valence-electron chi connectivity index (χ0n) is 23.8. The van der Waals surface area contributed by atoms with Gasteiger partial charge in [-0.15, -0.1) is 11.3 Å². The first-order chi connectivity index (χ1) is 18.6. The molecule has 0 saturated carbocycles. The Morgan fingerprint density at radius 2 is 1.63 bits per heavy atom. The first kappa shape index (κ1) is 34.3. The number of thiazole rings is 1.